The zero-order valence-electron chi connectivity index (χ0n) is 10.9. The Balaban J connectivity index is 1.79. The van der Waals surface area contributed by atoms with Gasteiger partial charge in [0.25, 0.3) is 0 Å². The molecule has 1 amide bonds. The number of hydrogen-bond acceptors (Lipinski definition) is 3. The second-order valence-corrected chi connectivity index (χ2v) is 5.48. The number of amides is 1. The smallest absolute Gasteiger partial charge is 0.237 e. The van der Waals surface area contributed by atoms with Crippen LogP contribution in [0.1, 0.15) is 39.5 Å². The predicted molar refractivity (Wildman–Crippen MR) is 66.8 cm³/mol. The topological polar surface area (TPSA) is 50.4 Å². The molecule has 4 unspecified atom stereocenters. The molecule has 0 aromatic carbocycles. The summed E-state index contributed by atoms with van der Waals surface area (Å²) in [6, 6.07) is 0.117. The van der Waals surface area contributed by atoms with Gasteiger partial charge in [-0.05, 0) is 45.1 Å². The van der Waals surface area contributed by atoms with Crippen molar-refractivity contribution in [3.8, 4) is 0 Å². The molecule has 0 bridgehead atoms. The molecular formula is C13H24N2O2. The Morgan fingerprint density at radius 1 is 1.47 bits per heavy atom. The SMILES string of the molecule is CC1CCNC(C(=O)NC(C)C2CCCO2)C1. The predicted octanol–water partition coefficient (Wildman–Crippen LogP) is 1.06. The van der Waals surface area contributed by atoms with E-state index >= 15 is 0 Å². The standard InChI is InChI=1S/C13H24N2O2/c1-9-5-6-14-11(8-9)13(16)15-10(2)12-4-3-7-17-12/h9-12,14H,3-8H2,1-2H3,(H,15,16). The highest BCUT2D eigenvalue weighted by atomic mass is 16.5. The molecule has 4 heteroatoms. The van der Waals surface area contributed by atoms with Gasteiger partial charge >= 0.3 is 0 Å². The summed E-state index contributed by atoms with van der Waals surface area (Å²) >= 11 is 0. The molecule has 2 fully saturated rings. The second-order valence-electron chi connectivity index (χ2n) is 5.48. The van der Waals surface area contributed by atoms with Gasteiger partial charge in [0.1, 0.15) is 0 Å². The number of hydrogen-bond donors (Lipinski definition) is 2. The van der Waals surface area contributed by atoms with Crippen LogP contribution in [0.4, 0.5) is 0 Å². The summed E-state index contributed by atoms with van der Waals surface area (Å²) in [6.45, 7) is 6.04. The zero-order chi connectivity index (χ0) is 12.3. The van der Waals surface area contributed by atoms with Crippen molar-refractivity contribution in [1.82, 2.24) is 10.6 Å². The van der Waals surface area contributed by atoms with Crippen LogP contribution in [0.3, 0.4) is 0 Å². The molecule has 4 nitrogen and oxygen atoms in total. The summed E-state index contributed by atoms with van der Waals surface area (Å²) in [6.07, 6.45) is 4.51. The summed E-state index contributed by atoms with van der Waals surface area (Å²) in [5, 5.41) is 6.38. The Bertz CT molecular complexity index is 264. The van der Waals surface area contributed by atoms with Crippen molar-refractivity contribution < 1.29 is 9.53 Å². The normalized spacial score (nSPS) is 35.5. The molecule has 98 valence electrons. The third-order valence-corrected chi connectivity index (χ3v) is 3.87. The molecule has 2 saturated heterocycles. The monoisotopic (exact) mass is 240 g/mol. The molecule has 0 aromatic rings. The molecule has 0 aromatic heterocycles. The van der Waals surface area contributed by atoms with Crippen molar-refractivity contribution in [2.75, 3.05) is 13.2 Å². The summed E-state index contributed by atoms with van der Waals surface area (Å²) in [5.74, 6) is 0.782. The number of rotatable bonds is 3. The van der Waals surface area contributed by atoms with E-state index in [0.717, 1.165) is 32.4 Å². The third kappa shape index (κ3) is 3.42. The first kappa shape index (κ1) is 12.8. The van der Waals surface area contributed by atoms with Crippen LogP contribution in [0.5, 0.6) is 0 Å². The zero-order valence-corrected chi connectivity index (χ0v) is 10.9. The fraction of sp³-hybridized carbons (Fsp3) is 0.923. The van der Waals surface area contributed by atoms with E-state index in [-0.39, 0.29) is 24.1 Å². The Labute approximate surface area is 103 Å². The molecule has 0 spiro atoms. The number of ether oxygens (including phenoxy) is 1. The van der Waals surface area contributed by atoms with Crippen LogP contribution in [0.15, 0.2) is 0 Å². The summed E-state index contributed by atoms with van der Waals surface area (Å²) in [5.41, 5.74) is 0. The molecule has 0 aliphatic carbocycles. The Morgan fingerprint density at radius 3 is 2.94 bits per heavy atom. The van der Waals surface area contributed by atoms with E-state index in [1.165, 1.54) is 6.42 Å². The van der Waals surface area contributed by atoms with Gasteiger partial charge in [0.2, 0.25) is 5.91 Å². The van der Waals surface area contributed by atoms with Crippen LogP contribution >= 0.6 is 0 Å². The number of carbonyl (C=O) groups is 1. The summed E-state index contributed by atoms with van der Waals surface area (Å²) in [7, 11) is 0. The maximum Gasteiger partial charge on any atom is 0.237 e. The van der Waals surface area contributed by atoms with Crippen LogP contribution in [0.25, 0.3) is 0 Å². The summed E-state index contributed by atoms with van der Waals surface area (Å²) < 4.78 is 5.59. The molecule has 2 rings (SSSR count). The minimum Gasteiger partial charge on any atom is -0.376 e. The quantitative estimate of drug-likeness (QED) is 0.775. The average Bonchev–Trinajstić information content (AvgIpc) is 2.82. The van der Waals surface area contributed by atoms with Crippen molar-refractivity contribution in [1.29, 1.82) is 0 Å². The molecule has 2 aliphatic heterocycles. The maximum atomic E-state index is 12.1. The highest BCUT2D eigenvalue weighted by Gasteiger charge is 2.28. The average molecular weight is 240 g/mol. The van der Waals surface area contributed by atoms with E-state index < -0.39 is 0 Å². The highest BCUT2D eigenvalue weighted by Crippen LogP contribution is 2.17. The van der Waals surface area contributed by atoms with Crippen LogP contribution < -0.4 is 10.6 Å². The Hall–Kier alpha value is -0.610. The van der Waals surface area contributed by atoms with Gasteiger partial charge in [-0.1, -0.05) is 6.92 Å². The fourth-order valence-electron chi connectivity index (χ4n) is 2.72. The molecule has 0 radical (unpaired) electrons. The highest BCUT2D eigenvalue weighted by molar-refractivity contribution is 5.82. The van der Waals surface area contributed by atoms with Gasteiger partial charge in [0, 0.05) is 6.61 Å². The number of nitrogens with one attached hydrogen (secondary N) is 2. The van der Waals surface area contributed by atoms with Gasteiger partial charge in [-0.3, -0.25) is 4.79 Å². The van der Waals surface area contributed by atoms with Crippen molar-refractivity contribution in [3.05, 3.63) is 0 Å². The van der Waals surface area contributed by atoms with Crippen LogP contribution in [0, 0.1) is 5.92 Å². The number of carbonyl (C=O) groups excluding carboxylic acids is 1. The van der Waals surface area contributed by atoms with E-state index in [9.17, 15) is 4.79 Å². The van der Waals surface area contributed by atoms with E-state index in [4.69, 9.17) is 4.74 Å². The molecule has 2 N–H and O–H groups in total. The molecule has 2 heterocycles. The van der Waals surface area contributed by atoms with E-state index in [2.05, 4.69) is 17.6 Å². The second kappa shape index (κ2) is 5.83. The molecule has 4 atom stereocenters. The van der Waals surface area contributed by atoms with Gasteiger partial charge in [0.15, 0.2) is 0 Å². The van der Waals surface area contributed by atoms with E-state index in [0.29, 0.717) is 5.92 Å². The van der Waals surface area contributed by atoms with Crippen molar-refractivity contribution in [2.24, 2.45) is 5.92 Å². The lowest BCUT2D eigenvalue weighted by Gasteiger charge is -2.29. The van der Waals surface area contributed by atoms with Crippen LogP contribution in [-0.4, -0.2) is 37.2 Å². The number of piperidine rings is 1. The molecule has 0 saturated carbocycles. The molecule has 17 heavy (non-hydrogen) atoms. The lowest BCUT2D eigenvalue weighted by Crippen LogP contribution is -2.52. The lowest BCUT2D eigenvalue weighted by atomic mass is 9.93. The van der Waals surface area contributed by atoms with Gasteiger partial charge in [0.05, 0.1) is 18.2 Å². The maximum absolute atomic E-state index is 12.1. The van der Waals surface area contributed by atoms with Crippen molar-refractivity contribution in [2.45, 2.75) is 57.7 Å². The largest absolute Gasteiger partial charge is 0.376 e. The van der Waals surface area contributed by atoms with Gasteiger partial charge in [-0.2, -0.15) is 0 Å². The fourth-order valence-corrected chi connectivity index (χ4v) is 2.72. The van der Waals surface area contributed by atoms with Gasteiger partial charge in [-0.15, -0.1) is 0 Å². The van der Waals surface area contributed by atoms with E-state index in [1.807, 2.05) is 6.92 Å². The van der Waals surface area contributed by atoms with Gasteiger partial charge in [-0.25, -0.2) is 0 Å². The van der Waals surface area contributed by atoms with Crippen molar-refractivity contribution >= 4 is 5.91 Å². The Morgan fingerprint density at radius 2 is 2.29 bits per heavy atom. The van der Waals surface area contributed by atoms with E-state index in [1.54, 1.807) is 0 Å². The lowest BCUT2D eigenvalue weighted by molar-refractivity contribution is -0.125. The molecular weight excluding hydrogens is 216 g/mol. The summed E-state index contributed by atoms with van der Waals surface area (Å²) in [4.78, 5) is 12.1. The Kier molecular flexibility index (Phi) is 4.40. The van der Waals surface area contributed by atoms with Crippen molar-refractivity contribution in [3.63, 3.8) is 0 Å². The van der Waals surface area contributed by atoms with Crippen LogP contribution in [0.2, 0.25) is 0 Å². The first-order valence-electron chi connectivity index (χ1n) is 6.82. The first-order chi connectivity index (χ1) is 8.16. The van der Waals surface area contributed by atoms with Gasteiger partial charge < -0.3 is 15.4 Å². The minimum absolute atomic E-state index is 0.0115. The first-order valence-corrected chi connectivity index (χ1v) is 6.82. The van der Waals surface area contributed by atoms with Crippen LogP contribution in [-0.2, 0) is 9.53 Å². The minimum atomic E-state index is -0.0115. The third-order valence-electron chi connectivity index (χ3n) is 3.87. The molecule has 2 aliphatic rings.